The lowest BCUT2D eigenvalue weighted by Crippen LogP contribution is -2.11. The molecule has 11 heavy (non-hydrogen) atoms. The zero-order valence-corrected chi connectivity index (χ0v) is 8.19. The summed E-state index contributed by atoms with van der Waals surface area (Å²) in [6, 6.07) is 0. The Balaban J connectivity index is 2.59. The van der Waals surface area contributed by atoms with Crippen molar-refractivity contribution >= 4 is 21.7 Å². The molecule has 0 aromatic carbocycles. The molecule has 0 aromatic rings. The molecule has 0 radical (unpaired) electrons. The number of Topliss-reactive ketones (excluding diaryl/α,β-unsaturated/α-hetero) is 1. The molecular formula is C9H13BrO. The van der Waals surface area contributed by atoms with Gasteiger partial charge < -0.3 is 0 Å². The third kappa shape index (κ3) is 2.44. The molecule has 1 atom stereocenters. The Kier molecular flexibility index (Phi) is 3.31. The van der Waals surface area contributed by atoms with Crippen molar-refractivity contribution in [3.63, 3.8) is 0 Å². The van der Waals surface area contributed by atoms with Crippen LogP contribution < -0.4 is 0 Å². The molecule has 0 amide bonds. The number of carbonyl (C=O) groups is 1. The Labute approximate surface area is 76.0 Å². The molecule has 0 spiro atoms. The van der Waals surface area contributed by atoms with Gasteiger partial charge in [-0.15, -0.1) is 0 Å². The fourth-order valence-corrected chi connectivity index (χ4v) is 1.98. The second kappa shape index (κ2) is 4.05. The normalized spacial score (nSPS) is 26.3. The van der Waals surface area contributed by atoms with E-state index in [0.29, 0.717) is 5.78 Å². The highest BCUT2D eigenvalue weighted by molar-refractivity contribution is 9.11. The van der Waals surface area contributed by atoms with Crippen LogP contribution in [-0.4, -0.2) is 5.78 Å². The molecule has 0 N–H and O–H groups in total. The van der Waals surface area contributed by atoms with E-state index < -0.39 is 0 Å². The van der Waals surface area contributed by atoms with Crippen molar-refractivity contribution in [2.75, 3.05) is 0 Å². The van der Waals surface area contributed by atoms with Crippen LogP contribution in [-0.2, 0) is 4.79 Å². The molecule has 0 bridgehead atoms. The van der Waals surface area contributed by atoms with Gasteiger partial charge >= 0.3 is 0 Å². The van der Waals surface area contributed by atoms with Gasteiger partial charge in [-0.3, -0.25) is 4.79 Å². The van der Waals surface area contributed by atoms with Crippen molar-refractivity contribution < 1.29 is 4.79 Å². The van der Waals surface area contributed by atoms with Crippen molar-refractivity contribution in [1.82, 2.24) is 0 Å². The average Bonchev–Trinajstić information content (AvgIpc) is 2.13. The maximum absolute atomic E-state index is 11.4. The van der Waals surface area contributed by atoms with E-state index in [2.05, 4.69) is 22.5 Å². The number of carbonyl (C=O) groups excluding carboxylic acids is 1. The Morgan fingerprint density at radius 1 is 1.45 bits per heavy atom. The molecular weight excluding hydrogens is 204 g/mol. The lowest BCUT2D eigenvalue weighted by Gasteiger charge is -2.09. The van der Waals surface area contributed by atoms with Crippen LogP contribution in [0.1, 0.15) is 32.1 Å². The fourth-order valence-electron chi connectivity index (χ4n) is 1.49. The summed E-state index contributed by atoms with van der Waals surface area (Å²) < 4.78 is 0.865. The molecule has 1 fully saturated rings. The van der Waals surface area contributed by atoms with Crippen LogP contribution in [0.2, 0.25) is 0 Å². The van der Waals surface area contributed by atoms with Crippen molar-refractivity contribution in [2.45, 2.75) is 32.1 Å². The fraction of sp³-hybridized carbons (Fsp3) is 0.667. The number of hydrogen-bond donors (Lipinski definition) is 0. The average molecular weight is 217 g/mol. The monoisotopic (exact) mass is 216 g/mol. The maximum atomic E-state index is 11.4. The van der Waals surface area contributed by atoms with Crippen LogP contribution in [0, 0.1) is 5.92 Å². The minimum Gasteiger partial charge on any atom is -0.299 e. The molecule has 0 saturated heterocycles. The Hall–Kier alpha value is -0.110. The van der Waals surface area contributed by atoms with E-state index in [1.807, 2.05) is 0 Å². The van der Waals surface area contributed by atoms with Gasteiger partial charge in [0, 0.05) is 12.3 Å². The third-order valence-corrected chi connectivity index (χ3v) is 2.74. The van der Waals surface area contributed by atoms with Gasteiger partial charge in [-0.1, -0.05) is 35.4 Å². The number of ketones is 1. The first-order valence-electron chi connectivity index (χ1n) is 4.09. The van der Waals surface area contributed by atoms with Gasteiger partial charge in [0.25, 0.3) is 0 Å². The summed E-state index contributed by atoms with van der Waals surface area (Å²) >= 11 is 3.30. The summed E-state index contributed by atoms with van der Waals surface area (Å²) in [5, 5.41) is 0. The standard InChI is InChI=1S/C9H13BrO/c1-7(10)8-5-3-2-4-6-9(8)11/h8H,1-6H2. The van der Waals surface area contributed by atoms with Crippen LogP contribution in [0.4, 0.5) is 0 Å². The largest absolute Gasteiger partial charge is 0.299 e. The molecule has 0 heterocycles. The molecule has 1 aliphatic rings. The molecule has 1 rings (SSSR count). The van der Waals surface area contributed by atoms with Crippen molar-refractivity contribution in [3.8, 4) is 0 Å². The van der Waals surface area contributed by atoms with Crippen LogP contribution in [0.15, 0.2) is 11.1 Å². The molecule has 2 heteroatoms. The summed E-state index contributed by atoms with van der Waals surface area (Å²) in [6.07, 6.45) is 5.16. The Morgan fingerprint density at radius 3 is 2.82 bits per heavy atom. The van der Waals surface area contributed by atoms with Gasteiger partial charge in [-0.2, -0.15) is 0 Å². The van der Waals surface area contributed by atoms with E-state index in [9.17, 15) is 4.79 Å². The molecule has 1 saturated carbocycles. The molecule has 0 aliphatic heterocycles. The highest BCUT2D eigenvalue weighted by Crippen LogP contribution is 2.27. The lowest BCUT2D eigenvalue weighted by atomic mass is 9.99. The molecule has 1 unspecified atom stereocenters. The molecule has 0 aromatic heterocycles. The summed E-state index contributed by atoms with van der Waals surface area (Å²) in [6.45, 7) is 3.77. The van der Waals surface area contributed by atoms with Crippen LogP contribution >= 0.6 is 15.9 Å². The van der Waals surface area contributed by atoms with Crippen molar-refractivity contribution in [2.24, 2.45) is 5.92 Å². The smallest absolute Gasteiger partial charge is 0.140 e. The predicted octanol–water partition coefficient (Wildman–Crippen LogP) is 3.04. The van der Waals surface area contributed by atoms with E-state index >= 15 is 0 Å². The summed E-state index contributed by atoms with van der Waals surface area (Å²) in [7, 11) is 0. The van der Waals surface area contributed by atoms with E-state index in [0.717, 1.165) is 23.7 Å². The third-order valence-electron chi connectivity index (χ3n) is 2.18. The first kappa shape index (κ1) is 8.98. The topological polar surface area (TPSA) is 17.1 Å². The summed E-state index contributed by atoms with van der Waals surface area (Å²) in [5.74, 6) is 0.460. The zero-order chi connectivity index (χ0) is 8.27. The minimum absolute atomic E-state index is 0.0949. The van der Waals surface area contributed by atoms with Gasteiger partial charge in [0.15, 0.2) is 0 Å². The van der Waals surface area contributed by atoms with Crippen LogP contribution in [0.25, 0.3) is 0 Å². The molecule has 1 aliphatic carbocycles. The van der Waals surface area contributed by atoms with E-state index in [-0.39, 0.29) is 5.92 Å². The number of hydrogen-bond acceptors (Lipinski definition) is 1. The summed E-state index contributed by atoms with van der Waals surface area (Å²) in [5.41, 5.74) is 0. The SMILES string of the molecule is C=C(Br)C1CCCCCC1=O. The second-order valence-corrected chi connectivity index (χ2v) is 4.08. The van der Waals surface area contributed by atoms with Gasteiger partial charge in [0.2, 0.25) is 0 Å². The van der Waals surface area contributed by atoms with Crippen LogP contribution in [0.5, 0.6) is 0 Å². The number of rotatable bonds is 1. The van der Waals surface area contributed by atoms with E-state index in [4.69, 9.17) is 0 Å². The van der Waals surface area contributed by atoms with Gasteiger partial charge in [0.1, 0.15) is 5.78 Å². The van der Waals surface area contributed by atoms with Crippen LogP contribution in [0.3, 0.4) is 0 Å². The number of halogens is 1. The highest BCUT2D eigenvalue weighted by atomic mass is 79.9. The Bertz CT molecular complexity index is 174. The van der Waals surface area contributed by atoms with Crippen molar-refractivity contribution in [3.05, 3.63) is 11.1 Å². The quantitative estimate of drug-likeness (QED) is 0.617. The highest BCUT2D eigenvalue weighted by Gasteiger charge is 2.21. The summed E-state index contributed by atoms with van der Waals surface area (Å²) in [4.78, 5) is 11.4. The van der Waals surface area contributed by atoms with Gasteiger partial charge in [0.05, 0.1) is 0 Å². The molecule has 1 nitrogen and oxygen atoms in total. The van der Waals surface area contributed by atoms with Gasteiger partial charge in [-0.25, -0.2) is 0 Å². The van der Waals surface area contributed by atoms with E-state index in [1.165, 1.54) is 12.8 Å². The lowest BCUT2D eigenvalue weighted by molar-refractivity contribution is -0.121. The van der Waals surface area contributed by atoms with E-state index in [1.54, 1.807) is 0 Å². The second-order valence-electron chi connectivity index (χ2n) is 3.07. The first-order valence-corrected chi connectivity index (χ1v) is 4.88. The minimum atomic E-state index is 0.0949. The molecule has 62 valence electrons. The predicted molar refractivity (Wildman–Crippen MR) is 49.6 cm³/mol. The first-order chi connectivity index (χ1) is 5.22. The van der Waals surface area contributed by atoms with Crippen molar-refractivity contribution in [1.29, 1.82) is 0 Å². The Morgan fingerprint density at radius 2 is 2.18 bits per heavy atom. The maximum Gasteiger partial charge on any atom is 0.140 e. The van der Waals surface area contributed by atoms with Gasteiger partial charge in [-0.05, 0) is 17.3 Å². The number of allylic oxidation sites excluding steroid dienone is 1. The zero-order valence-electron chi connectivity index (χ0n) is 6.61.